The minimum atomic E-state index is -0.485. The van der Waals surface area contributed by atoms with Crippen molar-refractivity contribution in [2.24, 2.45) is 0 Å². The Balaban J connectivity index is 2.15. The number of methoxy groups -OCH3 is 1. The summed E-state index contributed by atoms with van der Waals surface area (Å²) in [6.45, 7) is 0. The first kappa shape index (κ1) is 11.4. The van der Waals surface area contributed by atoms with Crippen LogP contribution in [0.4, 0.5) is 4.39 Å². The predicted molar refractivity (Wildman–Crippen MR) is 65.6 cm³/mol. The fraction of sp³-hybridized carbons (Fsp3) is 0.0833. The van der Waals surface area contributed by atoms with Gasteiger partial charge in [-0.1, -0.05) is 0 Å². The highest BCUT2D eigenvalue weighted by Crippen LogP contribution is 2.23. The number of rotatable bonds is 2. The summed E-state index contributed by atoms with van der Waals surface area (Å²) < 4.78 is 19.6. The van der Waals surface area contributed by atoms with Crippen LogP contribution in [0.1, 0.15) is 0 Å². The van der Waals surface area contributed by atoms with Gasteiger partial charge < -0.3 is 4.74 Å². The van der Waals surface area contributed by atoms with Gasteiger partial charge in [0.2, 0.25) is 0 Å². The lowest BCUT2D eigenvalue weighted by atomic mass is 10.1. The molecule has 0 unspecified atom stereocenters. The van der Waals surface area contributed by atoms with Gasteiger partial charge in [-0.25, -0.2) is 14.3 Å². The molecule has 3 rings (SSSR count). The minimum absolute atomic E-state index is 0.158. The van der Waals surface area contributed by atoms with Crippen molar-refractivity contribution >= 4 is 5.65 Å². The van der Waals surface area contributed by atoms with Gasteiger partial charge in [-0.05, 0) is 30.3 Å². The van der Waals surface area contributed by atoms with E-state index in [1.807, 2.05) is 0 Å². The van der Waals surface area contributed by atoms with Gasteiger partial charge in [0, 0.05) is 5.56 Å². The zero-order chi connectivity index (χ0) is 13.4. The number of hydrogen-bond donors (Lipinski definition) is 1. The van der Waals surface area contributed by atoms with Crippen LogP contribution in [0.3, 0.4) is 0 Å². The SMILES string of the molecule is COc1ccc(-c2ccc3n[nH]c(=O)n3n2)cc1F. The Morgan fingerprint density at radius 2 is 2.16 bits per heavy atom. The van der Waals surface area contributed by atoms with E-state index in [1.165, 1.54) is 19.2 Å². The van der Waals surface area contributed by atoms with E-state index in [0.29, 0.717) is 16.9 Å². The summed E-state index contributed by atoms with van der Waals surface area (Å²) in [7, 11) is 1.40. The average Bonchev–Trinajstić information content (AvgIpc) is 2.80. The van der Waals surface area contributed by atoms with E-state index in [0.717, 1.165) is 4.52 Å². The summed E-state index contributed by atoms with van der Waals surface area (Å²) in [5.41, 5.74) is 0.986. The summed E-state index contributed by atoms with van der Waals surface area (Å²) in [4.78, 5) is 11.4. The second-order valence-electron chi connectivity index (χ2n) is 3.87. The molecule has 2 aromatic heterocycles. The molecule has 19 heavy (non-hydrogen) atoms. The maximum absolute atomic E-state index is 13.6. The standard InChI is InChI=1S/C12H9FN4O2/c1-19-10-4-2-7(6-8(10)13)9-3-5-11-14-15-12(18)17(11)16-9/h2-6H,1H3,(H,15,18). The third-order valence-electron chi connectivity index (χ3n) is 2.72. The molecule has 0 saturated carbocycles. The Morgan fingerprint density at radius 1 is 1.32 bits per heavy atom. The van der Waals surface area contributed by atoms with Crippen molar-refractivity contribution in [3.63, 3.8) is 0 Å². The van der Waals surface area contributed by atoms with E-state index in [9.17, 15) is 9.18 Å². The molecule has 3 aromatic rings. The third-order valence-corrected chi connectivity index (χ3v) is 2.72. The molecular formula is C12H9FN4O2. The predicted octanol–water partition coefficient (Wildman–Crippen LogP) is 1.23. The Hall–Kier alpha value is -2.70. The first-order chi connectivity index (χ1) is 9.19. The summed E-state index contributed by atoms with van der Waals surface area (Å²) >= 11 is 0. The smallest absolute Gasteiger partial charge is 0.364 e. The van der Waals surface area contributed by atoms with Gasteiger partial charge in [-0.15, -0.1) is 0 Å². The van der Waals surface area contributed by atoms with Crippen LogP contribution in [0.5, 0.6) is 5.75 Å². The van der Waals surface area contributed by atoms with Crippen LogP contribution >= 0.6 is 0 Å². The van der Waals surface area contributed by atoms with Crippen molar-refractivity contribution < 1.29 is 9.13 Å². The highest BCUT2D eigenvalue weighted by molar-refractivity contribution is 5.61. The topological polar surface area (TPSA) is 72.3 Å². The van der Waals surface area contributed by atoms with Gasteiger partial charge in [0.05, 0.1) is 12.8 Å². The average molecular weight is 260 g/mol. The lowest BCUT2D eigenvalue weighted by Gasteiger charge is -2.04. The molecule has 1 N–H and O–H groups in total. The fourth-order valence-electron chi connectivity index (χ4n) is 1.78. The number of benzene rings is 1. The number of nitrogens with one attached hydrogen (secondary N) is 1. The Labute approximate surface area is 106 Å². The number of ether oxygens (including phenoxy) is 1. The zero-order valence-corrected chi connectivity index (χ0v) is 9.92. The van der Waals surface area contributed by atoms with Crippen molar-refractivity contribution in [2.45, 2.75) is 0 Å². The molecule has 6 nitrogen and oxygen atoms in total. The van der Waals surface area contributed by atoms with Crippen molar-refractivity contribution in [3.05, 3.63) is 46.6 Å². The van der Waals surface area contributed by atoms with Gasteiger partial charge in [0.1, 0.15) is 0 Å². The molecule has 0 amide bonds. The molecule has 7 heteroatoms. The molecule has 1 aromatic carbocycles. The lowest BCUT2D eigenvalue weighted by Crippen LogP contribution is -2.12. The molecule has 0 fully saturated rings. The van der Waals surface area contributed by atoms with Crippen LogP contribution in [0, 0.1) is 5.82 Å². The minimum Gasteiger partial charge on any atom is -0.494 e. The van der Waals surface area contributed by atoms with Crippen molar-refractivity contribution in [1.29, 1.82) is 0 Å². The quantitative estimate of drug-likeness (QED) is 0.752. The third kappa shape index (κ3) is 1.85. The Kier molecular flexibility index (Phi) is 2.52. The molecule has 96 valence electrons. The zero-order valence-electron chi connectivity index (χ0n) is 9.92. The van der Waals surface area contributed by atoms with E-state index in [-0.39, 0.29) is 5.75 Å². The van der Waals surface area contributed by atoms with E-state index in [1.54, 1.807) is 18.2 Å². The fourth-order valence-corrected chi connectivity index (χ4v) is 1.78. The molecule has 0 aliphatic rings. The molecule has 0 saturated heterocycles. The lowest BCUT2D eigenvalue weighted by molar-refractivity contribution is 0.386. The van der Waals surface area contributed by atoms with E-state index in [2.05, 4.69) is 15.3 Å². The maximum atomic E-state index is 13.6. The van der Waals surface area contributed by atoms with Gasteiger partial charge in [-0.3, -0.25) is 0 Å². The highest BCUT2D eigenvalue weighted by atomic mass is 19.1. The molecule has 0 radical (unpaired) electrons. The van der Waals surface area contributed by atoms with Gasteiger partial charge in [0.25, 0.3) is 0 Å². The van der Waals surface area contributed by atoms with Crippen molar-refractivity contribution in [1.82, 2.24) is 19.8 Å². The second kappa shape index (κ2) is 4.20. The van der Waals surface area contributed by atoms with E-state index >= 15 is 0 Å². The molecule has 0 aliphatic heterocycles. The van der Waals surface area contributed by atoms with E-state index < -0.39 is 11.5 Å². The number of aromatic amines is 1. The first-order valence-corrected chi connectivity index (χ1v) is 5.47. The molecular weight excluding hydrogens is 251 g/mol. The Morgan fingerprint density at radius 3 is 2.89 bits per heavy atom. The summed E-state index contributed by atoms with van der Waals surface area (Å²) in [5.74, 6) is -0.327. The second-order valence-corrected chi connectivity index (χ2v) is 3.87. The van der Waals surface area contributed by atoms with Crippen LogP contribution in [0.25, 0.3) is 16.9 Å². The summed E-state index contributed by atoms with van der Waals surface area (Å²) in [6.07, 6.45) is 0. The molecule has 0 spiro atoms. The highest BCUT2D eigenvalue weighted by Gasteiger charge is 2.08. The number of hydrogen-bond acceptors (Lipinski definition) is 4. The van der Waals surface area contributed by atoms with Crippen LogP contribution in [-0.4, -0.2) is 26.9 Å². The van der Waals surface area contributed by atoms with Crippen LogP contribution < -0.4 is 10.4 Å². The van der Waals surface area contributed by atoms with Gasteiger partial charge in [0.15, 0.2) is 17.2 Å². The Bertz CT molecular complexity index is 809. The van der Waals surface area contributed by atoms with Crippen molar-refractivity contribution in [2.75, 3.05) is 7.11 Å². The van der Waals surface area contributed by atoms with Crippen LogP contribution in [0.15, 0.2) is 35.1 Å². The summed E-state index contributed by atoms with van der Waals surface area (Å²) in [6, 6.07) is 7.77. The largest absolute Gasteiger partial charge is 0.494 e. The number of fused-ring (bicyclic) bond motifs is 1. The number of aromatic nitrogens is 4. The number of halogens is 1. The van der Waals surface area contributed by atoms with Crippen LogP contribution in [0.2, 0.25) is 0 Å². The molecule has 2 heterocycles. The molecule has 0 aliphatic carbocycles. The van der Waals surface area contributed by atoms with Crippen LogP contribution in [-0.2, 0) is 0 Å². The van der Waals surface area contributed by atoms with Gasteiger partial charge in [-0.2, -0.15) is 14.7 Å². The summed E-state index contributed by atoms with van der Waals surface area (Å²) in [5, 5.41) is 10.2. The number of nitrogens with zero attached hydrogens (tertiary/aromatic N) is 3. The maximum Gasteiger partial charge on any atom is 0.364 e. The monoisotopic (exact) mass is 260 g/mol. The first-order valence-electron chi connectivity index (χ1n) is 5.47. The molecule has 0 bridgehead atoms. The number of H-pyrrole nitrogens is 1. The van der Waals surface area contributed by atoms with Gasteiger partial charge >= 0.3 is 5.69 Å². The van der Waals surface area contributed by atoms with Crippen molar-refractivity contribution in [3.8, 4) is 17.0 Å². The molecule has 0 atom stereocenters. The van der Waals surface area contributed by atoms with E-state index in [4.69, 9.17) is 4.74 Å². The normalized spacial score (nSPS) is 10.8.